The number of hydrogen-bond donors (Lipinski definition) is 2. The average Bonchev–Trinajstić information content (AvgIpc) is 2.50. The quantitative estimate of drug-likeness (QED) is 0.781. The fourth-order valence-corrected chi connectivity index (χ4v) is 6.53. The van der Waals surface area contributed by atoms with Crippen molar-refractivity contribution in [2.75, 3.05) is 6.54 Å². The highest BCUT2D eigenvalue weighted by Gasteiger charge is 2.50. The largest absolute Gasteiger partial charge is 0.356 e. The van der Waals surface area contributed by atoms with Crippen LogP contribution >= 0.6 is 12.2 Å². The molecule has 0 unspecified atom stereocenters. The van der Waals surface area contributed by atoms with Crippen LogP contribution in [-0.4, -0.2) is 22.4 Å². The van der Waals surface area contributed by atoms with Crippen LogP contribution in [0, 0.1) is 41.8 Å². The van der Waals surface area contributed by atoms with E-state index in [4.69, 9.17) is 12.2 Å². The minimum absolute atomic E-state index is 0.178. The van der Waals surface area contributed by atoms with Gasteiger partial charge in [0.15, 0.2) is 4.77 Å². The summed E-state index contributed by atoms with van der Waals surface area (Å²) in [6.07, 6.45) is 9.64. The van der Waals surface area contributed by atoms with Crippen LogP contribution in [0.25, 0.3) is 0 Å². The number of carbonyl (C=O) groups excluding carboxylic acids is 1. The minimum atomic E-state index is 0.178. The smallest absolute Gasteiger partial charge is 0.220 e. The van der Waals surface area contributed by atoms with Crippen LogP contribution in [-0.2, 0) is 11.2 Å². The van der Waals surface area contributed by atoms with Gasteiger partial charge in [-0.15, -0.1) is 0 Å². The highest BCUT2D eigenvalue weighted by Crippen LogP contribution is 2.59. The Hall–Kier alpha value is -1.23. The van der Waals surface area contributed by atoms with E-state index in [1.165, 1.54) is 38.5 Å². The van der Waals surface area contributed by atoms with Crippen molar-refractivity contribution < 1.29 is 4.79 Å². The molecule has 1 amide bonds. The molecule has 4 nitrogen and oxygen atoms in total. The Bertz CT molecular complexity index is 677. The molecule has 0 aliphatic heterocycles. The number of nitrogens with one attached hydrogen (secondary N) is 2. The second kappa shape index (κ2) is 6.49. The number of hydrogen-bond acceptors (Lipinski definition) is 3. The first-order chi connectivity index (χ1) is 11.9. The molecule has 0 radical (unpaired) electrons. The van der Waals surface area contributed by atoms with Gasteiger partial charge in [0.05, 0.1) is 0 Å². The van der Waals surface area contributed by atoms with E-state index in [9.17, 15) is 4.79 Å². The number of carbonyl (C=O) groups is 1. The maximum Gasteiger partial charge on any atom is 0.220 e. The van der Waals surface area contributed by atoms with Crippen molar-refractivity contribution in [1.29, 1.82) is 0 Å². The lowest BCUT2D eigenvalue weighted by Gasteiger charge is -2.56. The van der Waals surface area contributed by atoms with Crippen LogP contribution in [0.4, 0.5) is 0 Å². The maximum absolute atomic E-state index is 12.4. The van der Waals surface area contributed by atoms with Gasteiger partial charge in [-0.25, -0.2) is 4.98 Å². The topological polar surface area (TPSA) is 57.8 Å². The number of H-pyrrole nitrogens is 1. The van der Waals surface area contributed by atoms with Gasteiger partial charge in [0.1, 0.15) is 0 Å². The Morgan fingerprint density at radius 2 is 1.80 bits per heavy atom. The Labute approximate surface area is 155 Å². The summed E-state index contributed by atoms with van der Waals surface area (Å²) in [5.74, 6) is 2.99. The third kappa shape index (κ3) is 3.53. The molecule has 4 aliphatic rings. The summed E-state index contributed by atoms with van der Waals surface area (Å²) >= 11 is 5.10. The molecular weight excluding hydrogens is 330 g/mol. The SMILES string of the molecule is Cc1nc(=S)[nH]c(C)c1CCC(=O)NCC12CC3CC(CC(C3)C1)C2. The molecule has 0 saturated heterocycles. The summed E-state index contributed by atoms with van der Waals surface area (Å²) in [5, 5.41) is 3.27. The summed E-state index contributed by atoms with van der Waals surface area (Å²) in [7, 11) is 0. The molecular formula is C20H29N3OS. The molecule has 4 fully saturated rings. The highest BCUT2D eigenvalue weighted by atomic mass is 32.1. The molecule has 25 heavy (non-hydrogen) atoms. The number of amides is 1. The van der Waals surface area contributed by atoms with Crippen LogP contribution < -0.4 is 5.32 Å². The van der Waals surface area contributed by atoms with E-state index in [1.54, 1.807) is 0 Å². The van der Waals surface area contributed by atoms with E-state index < -0.39 is 0 Å². The average molecular weight is 360 g/mol. The van der Waals surface area contributed by atoms with Gasteiger partial charge in [0.2, 0.25) is 5.91 Å². The third-order valence-corrected chi connectivity index (χ3v) is 7.07. The number of aromatic amines is 1. The summed E-state index contributed by atoms with van der Waals surface area (Å²) in [5.41, 5.74) is 3.51. The van der Waals surface area contributed by atoms with Gasteiger partial charge in [-0.3, -0.25) is 4.79 Å². The maximum atomic E-state index is 12.4. The standard InChI is InChI=1S/C20H29N3OS/c1-12-17(13(2)23-19(25)22-12)3-4-18(24)21-11-20-8-14-5-15(9-20)7-16(6-14)10-20/h14-16H,3-11H2,1-2H3,(H,21,24)(H,22,23,25). The van der Waals surface area contributed by atoms with Crippen LogP contribution in [0.2, 0.25) is 0 Å². The zero-order valence-corrected chi connectivity index (χ0v) is 16.2. The second-order valence-electron chi connectivity index (χ2n) is 8.93. The molecule has 136 valence electrons. The predicted octanol–water partition coefficient (Wildman–Crippen LogP) is 4.02. The van der Waals surface area contributed by atoms with E-state index in [0.717, 1.165) is 47.7 Å². The normalized spacial score (nSPS) is 32.8. The fraction of sp³-hybridized carbons (Fsp3) is 0.750. The molecule has 4 bridgehead atoms. The molecule has 2 N–H and O–H groups in total. The van der Waals surface area contributed by atoms with Gasteiger partial charge in [0.25, 0.3) is 0 Å². The van der Waals surface area contributed by atoms with Crippen LogP contribution in [0.15, 0.2) is 0 Å². The number of aromatic nitrogens is 2. The second-order valence-corrected chi connectivity index (χ2v) is 9.31. The Kier molecular flexibility index (Phi) is 4.47. The Balaban J connectivity index is 1.32. The van der Waals surface area contributed by atoms with Crippen molar-refractivity contribution in [1.82, 2.24) is 15.3 Å². The van der Waals surface area contributed by atoms with Gasteiger partial charge in [-0.05, 0) is 99.7 Å². The Morgan fingerprint density at radius 1 is 1.20 bits per heavy atom. The molecule has 0 aromatic carbocycles. The molecule has 0 spiro atoms. The van der Waals surface area contributed by atoms with Crippen LogP contribution in [0.1, 0.15) is 61.9 Å². The first-order valence-electron chi connectivity index (χ1n) is 9.75. The van der Waals surface area contributed by atoms with Gasteiger partial charge in [-0.1, -0.05) is 0 Å². The summed E-state index contributed by atoms with van der Waals surface area (Å²) in [6.45, 7) is 4.87. The molecule has 1 aromatic rings. The van der Waals surface area contributed by atoms with Gasteiger partial charge < -0.3 is 10.3 Å². The lowest BCUT2D eigenvalue weighted by molar-refractivity contribution is -0.123. The zero-order chi connectivity index (χ0) is 17.6. The molecule has 5 heteroatoms. The monoisotopic (exact) mass is 359 g/mol. The van der Waals surface area contributed by atoms with E-state index >= 15 is 0 Å². The van der Waals surface area contributed by atoms with Gasteiger partial charge >= 0.3 is 0 Å². The molecule has 1 aromatic heterocycles. The van der Waals surface area contributed by atoms with E-state index in [2.05, 4.69) is 15.3 Å². The van der Waals surface area contributed by atoms with Gasteiger partial charge in [0, 0.05) is 24.4 Å². The number of rotatable bonds is 5. The highest BCUT2D eigenvalue weighted by molar-refractivity contribution is 7.71. The van der Waals surface area contributed by atoms with Crippen molar-refractivity contribution in [3.63, 3.8) is 0 Å². The number of nitrogens with zero attached hydrogens (tertiary/aromatic N) is 1. The summed E-state index contributed by atoms with van der Waals surface area (Å²) < 4.78 is 0.519. The Morgan fingerprint density at radius 3 is 2.36 bits per heavy atom. The molecule has 1 heterocycles. The lowest BCUT2D eigenvalue weighted by Crippen LogP contribution is -2.51. The third-order valence-electron chi connectivity index (χ3n) is 6.88. The van der Waals surface area contributed by atoms with Crippen molar-refractivity contribution in [2.24, 2.45) is 23.2 Å². The molecule has 4 aliphatic carbocycles. The summed E-state index contributed by atoms with van der Waals surface area (Å²) in [4.78, 5) is 19.8. The molecule has 4 saturated carbocycles. The van der Waals surface area contributed by atoms with Crippen LogP contribution in [0.3, 0.4) is 0 Å². The van der Waals surface area contributed by atoms with Crippen molar-refractivity contribution >= 4 is 18.1 Å². The first kappa shape index (κ1) is 17.2. The van der Waals surface area contributed by atoms with E-state index in [-0.39, 0.29) is 5.91 Å². The lowest BCUT2D eigenvalue weighted by atomic mass is 9.49. The molecule has 5 rings (SSSR count). The first-order valence-corrected chi connectivity index (χ1v) is 10.2. The van der Waals surface area contributed by atoms with E-state index in [1.807, 2.05) is 13.8 Å². The van der Waals surface area contributed by atoms with Crippen LogP contribution in [0.5, 0.6) is 0 Å². The van der Waals surface area contributed by atoms with Crippen molar-refractivity contribution in [3.8, 4) is 0 Å². The number of aryl methyl sites for hydroxylation is 2. The predicted molar refractivity (Wildman–Crippen MR) is 101 cm³/mol. The zero-order valence-electron chi connectivity index (χ0n) is 15.4. The summed E-state index contributed by atoms with van der Waals surface area (Å²) in [6, 6.07) is 0. The van der Waals surface area contributed by atoms with Gasteiger partial charge in [-0.2, -0.15) is 0 Å². The van der Waals surface area contributed by atoms with E-state index in [0.29, 0.717) is 16.6 Å². The fourth-order valence-electron chi connectivity index (χ4n) is 6.24. The minimum Gasteiger partial charge on any atom is -0.356 e. The molecule has 0 atom stereocenters. The van der Waals surface area contributed by atoms with Crippen molar-refractivity contribution in [3.05, 3.63) is 21.7 Å². The van der Waals surface area contributed by atoms with Crippen molar-refractivity contribution in [2.45, 2.75) is 65.2 Å².